The van der Waals surface area contributed by atoms with E-state index in [0.29, 0.717) is 12.6 Å². The predicted octanol–water partition coefficient (Wildman–Crippen LogP) is 3.30. The van der Waals surface area contributed by atoms with E-state index in [1.54, 1.807) is 0 Å². The van der Waals surface area contributed by atoms with E-state index in [0.717, 1.165) is 25.5 Å². The van der Waals surface area contributed by atoms with Crippen LogP contribution in [0.1, 0.15) is 50.1 Å². The second kappa shape index (κ2) is 9.93. The molecule has 21 heavy (non-hydrogen) atoms. The Bertz CT molecular complexity index is 363. The first kappa shape index (κ1) is 16.5. The highest BCUT2D eigenvalue weighted by Gasteiger charge is 2.24. The molecule has 1 atom stereocenters. The Morgan fingerprint density at radius 2 is 1.86 bits per heavy atom. The van der Waals surface area contributed by atoms with E-state index in [9.17, 15) is 0 Å². The molecule has 2 rings (SSSR count). The molecule has 1 unspecified atom stereocenters. The summed E-state index contributed by atoms with van der Waals surface area (Å²) in [6.07, 6.45) is 7.81. The molecule has 1 saturated carbocycles. The third kappa shape index (κ3) is 5.77. The van der Waals surface area contributed by atoms with E-state index >= 15 is 0 Å². The van der Waals surface area contributed by atoms with E-state index in [1.165, 1.54) is 37.7 Å². The molecular formula is C18H29NO2. The highest BCUT2D eigenvalue weighted by molar-refractivity contribution is 5.19. The van der Waals surface area contributed by atoms with Gasteiger partial charge in [0.15, 0.2) is 0 Å². The lowest BCUT2D eigenvalue weighted by Gasteiger charge is -2.31. The van der Waals surface area contributed by atoms with Crippen LogP contribution in [0, 0.1) is 5.92 Å². The number of rotatable bonds is 9. The molecule has 0 radical (unpaired) electrons. The summed E-state index contributed by atoms with van der Waals surface area (Å²) in [6.45, 7) is 2.26. The number of hydrogen-bond donors (Lipinski definition) is 2. The van der Waals surface area contributed by atoms with Gasteiger partial charge in [-0.1, -0.05) is 49.6 Å². The van der Waals surface area contributed by atoms with Gasteiger partial charge in [-0.15, -0.1) is 0 Å². The van der Waals surface area contributed by atoms with Crippen LogP contribution < -0.4 is 5.32 Å². The van der Waals surface area contributed by atoms with Crippen molar-refractivity contribution in [1.29, 1.82) is 0 Å². The average molecular weight is 291 g/mol. The minimum absolute atomic E-state index is 0.113. The summed E-state index contributed by atoms with van der Waals surface area (Å²) >= 11 is 0. The number of aliphatic hydroxyl groups excluding tert-OH is 1. The molecule has 0 aromatic heterocycles. The standard InChI is InChI=1S/C18H29NO2/c20-13-15-21-14-7-12-19-18(16-8-3-1-4-9-16)17-10-5-2-6-11-17/h1,3-4,8-9,17-20H,2,5-7,10-15H2. The molecule has 0 spiro atoms. The molecule has 0 amide bonds. The molecule has 0 bridgehead atoms. The maximum absolute atomic E-state index is 8.69. The minimum atomic E-state index is 0.113. The van der Waals surface area contributed by atoms with Gasteiger partial charge >= 0.3 is 0 Å². The second-order valence-electron chi connectivity index (χ2n) is 5.93. The number of ether oxygens (including phenoxy) is 1. The summed E-state index contributed by atoms with van der Waals surface area (Å²) in [6, 6.07) is 11.3. The van der Waals surface area contributed by atoms with Crippen LogP contribution in [-0.2, 0) is 4.74 Å². The Kier molecular flexibility index (Phi) is 7.79. The average Bonchev–Trinajstić information content (AvgIpc) is 2.56. The summed E-state index contributed by atoms with van der Waals surface area (Å²) in [4.78, 5) is 0. The summed E-state index contributed by atoms with van der Waals surface area (Å²) in [5, 5.41) is 12.4. The van der Waals surface area contributed by atoms with Crippen LogP contribution in [0.2, 0.25) is 0 Å². The molecule has 0 heterocycles. The first-order chi connectivity index (χ1) is 10.4. The summed E-state index contributed by atoms with van der Waals surface area (Å²) in [5.41, 5.74) is 1.42. The van der Waals surface area contributed by atoms with Crippen molar-refractivity contribution in [2.45, 2.75) is 44.6 Å². The molecule has 118 valence electrons. The lowest BCUT2D eigenvalue weighted by Crippen LogP contribution is -2.31. The third-order valence-electron chi connectivity index (χ3n) is 4.35. The molecule has 3 nitrogen and oxygen atoms in total. The van der Waals surface area contributed by atoms with Gasteiger partial charge < -0.3 is 15.2 Å². The molecule has 1 fully saturated rings. The topological polar surface area (TPSA) is 41.5 Å². The van der Waals surface area contributed by atoms with Crippen LogP contribution in [0.3, 0.4) is 0 Å². The summed E-state index contributed by atoms with van der Waals surface area (Å²) in [7, 11) is 0. The fourth-order valence-electron chi connectivity index (χ4n) is 3.28. The van der Waals surface area contributed by atoms with Crippen LogP contribution in [0.15, 0.2) is 30.3 Å². The summed E-state index contributed by atoms with van der Waals surface area (Å²) in [5.74, 6) is 0.763. The van der Waals surface area contributed by atoms with Crippen molar-refractivity contribution < 1.29 is 9.84 Å². The van der Waals surface area contributed by atoms with Crippen LogP contribution >= 0.6 is 0 Å². The minimum Gasteiger partial charge on any atom is -0.394 e. The zero-order chi connectivity index (χ0) is 14.8. The first-order valence-electron chi connectivity index (χ1n) is 8.38. The van der Waals surface area contributed by atoms with Crippen LogP contribution in [0.25, 0.3) is 0 Å². The monoisotopic (exact) mass is 291 g/mol. The van der Waals surface area contributed by atoms with Gasteiger partial charge in [-0.3, -0.25) is 0 Å². The number of hydrogen-bond acceptors (Lipinski definition) is 3. The predicted molar refractivity (Wildman–Crippen MR) is 86.3 cm³/mol. The second-order valence-corrected chi connectivity index (χ2v) is 5.93. The summed E-state index contributed by atoms with van der Waals surface area (Å²) < 4.78 is 5.33. The molecule has 2 N–H and O–H groups in total. The number of aliphatic hydroxyl groups is 1. The van der Waals surface area contributed by atoms with E-state index < -0.39 is 0 Å². The molecule has 3 heteroatoms. The van der Waals surface area contributed by atoms with E-state index in [1.807, 2.05) is 0 Å². The Morgan fingerprint density at radius 1 is 1.10 bits per heavy atom. The van der Waals surface area contributed by atoms with Crippen LogP contribution in [0.4, 0.5) is 0 Å². The van der Waals surface area contributed by atoms with E-state index in [-0.39, 0.29) is 6.61 Å². The molecular weight excluding hydrogens is 262 g/mol. The number of nitrogens with one attached hydrogen (secondary N) is 1. The van der Waals surface area contributed by atoms with Crippen molar-refractivity contribution in [3.63, 3.8) is 0 Å². The smallest absolute Gasteiger partial charge is 0.0697 e. The molecule has 0 saturated heterocycles. The lowest BCUT2D eigenvalue weighted by molar-refractivity contribution is 0.0898. The third-order valence-corrected chi connectivity index (χ3v) is 4.35. The largest absolute Gasteiger partial charge is 0.394 e. The highest BCUT2D eigenvalue weighted by Crippen LogP contribution is 2.34. The lowest BCUT2D eigenvalue weighted by atomic mass is 9.81. The Hall–Kier alpha value is -0.900. The zero-order valence-electron chi connectivity index (χ0n) is 13.0. The molecule has 1 aromatic carbocycles. The van der Waals surface area contributed by atoms with Crippen molar-refractivity contribution in [3.8, 4) is 0 Å². The van der Waals surface area contributed by atoms with E-state index in [2.05, 4.69) is 35.6 Å². The van der Waals surface area contributed by atoms with Crippen molar-refractivity contribution in [1.82, 2.24) is 5.32 Å². The van der Waals surface area contributed by atoms with Gasteiger partial charge in [0.2, 0.25) is 0 Å². The Morgan fingerprint density at radius 3 is 2.57 bits per heavy atom. The van der Waals surface area contributed by atoms with Crippen LogP contribution in [0.5, 0.6) is 0 Å². The SMILES string of the molecule is OCCOCCCNC(c1ccccc1)C1CCCCC1. The maximum Gasteiger partial charge on any atom is 0.0697 e. The number of benzene rings is 1. The quantitative estimate of drug-likeness (QED) is 0.686. The zero-order valence-corrected chi connectivity index (χ0v) is 13.0. The van der Waals surface area contributed by atoms with Gasteiger partial charge in [-0.05, 0) is 37.3 Å². The van der Waals surface area contributed by atoms with Gasteiger partial charge in [0.25, 0.3) is 0 Å². The van der Waals surface area contributed by atoms with Gasteiger partial charge in [0, 0.05) is 12.6 Å². The molecule has 1 aliphatic carbocycles. The normalized spacial score (nSPS) is 17.8. The van der Waals surface area contributed by atoms with Crippen molar-refractivity contribution >= 4 is 0 Å². The van der Waals surface area contributed by atoms with Gasteiger partial charge in [-0.2, -0.15) is 0 Å². The highest BCUT2D eigenvalue weighted by atomic mass is 16.5. The Balaban J connectivity index is 1.83. The fraction of sp³-hybridized carbons (Fsp3) is 0.667. The fourth-order valence-corrected chi connectivity index (χ4v) is 3.28. The van der Waals surface area contributed by atoms with Crippen molar-refractivity contribution in [2.75, 3.05) is 26.4 Å². The van der Waals surface area contributed by atoms with Gasteiger partial charge in [0.05, 0.1) is 13.2 Å². The van der Waals surface area contributed by atoms with Gasteiger partial charge in [-0.25, -0.2) is 0 Å². The first-order valence-corrected chi connectivity index (χ1v) is 8.38. The molecule has 1 aromatic rings. The van der Waals surface area contributed by atoms with Crippen molar-refractivity contribution in [2.24, 2.45) is 5.92 Å². The maximum atomic E-state index is 8.69. The van der Waals surface area contributed by atoms with Crippen LogP contribution in [-0.4, -0.2) is 31.5 Å². The van der Waals surface area contributed by atoms with Gasteiger partial charge in [0.1, 0.15) is 0 Å². The van der Waals surface area contributed by atoms with Crippen molar-refractivity contribution in [3.05, 3.63) is 35.9 Å². The molecule has 1 aliphatic rings. The Labute approximate surface area is 128 Å². The van der Waals surface area contributed by atoms with E-state index in [4.69, 9.17) is 9.84 Å². The molecule has 0 aliphatic heterocycles.